The van der Waals surface area contributed by atoms with E-state index in [-0.39, 0.29) is 47.6 Å². The molecule has 36 heavy (non-hydrogen) atoms. The molecule has 2 heterocycles. The maximum Gasteiger partial charge on any atom is 0.263 e. The molecule has 0 fully saturated rings. The average Bonchev–Trinajstić information content (AvgIpc) is 2.86. The van der Waals surface area contributed by atoms with Crippen molar-refractivity contribution in [3.05, 3.63) is 95.2 Å². The number of rotatable bonds is 6. The molecule has 0 atom stereocenters. The summed E-state index contributed by atoms with van der Waals surface area (Å²) < 4.78 is 39.1. The summed E-state index contributed by atoms with van der Waals surface area (Å²) in [4.78, 5) is 41.3. The average molecular weight is 488 g/mol. The van der Waals surface area contributed by atoms with Crippen molar-refractivity contribution in [2.24, 2.45) is 0 Å². The van der Waals surface area contributed by atoms with E-state index < -0.39 is 23.2 Å². The molecule has 0 radical (unpaired) electrons. The number of carbonyl (C=O) groups excluding carboxylic acids is 3. The van der Waals surface area contributed by atoms with Gasteiger partial charge in [0.25, 0.3) is 5.91 Å². The van der Waals surface area contributed by atoms with E-state index in [1.54, 1.807) is 6.08 Å². The molecule has 9 heteroatoms. The Bertz CT molecular complexity index is 1460. The van der Waals surface area contributed by atoms with Gasteiger partial charge in [-0.15, -0.1) is 0 Å². The van der Waals surface area contributed by atoms with Crippen molar-refractivity contribution in [1.29, 1.82) is 0 Å². The highest BCUT2D eigenvalue weighted by Gasteiger charge is 2.26. The van der Waals surface area contributed by atoms with Gasteiger partial charge in [0, 0.05) is 24.3 Å². The van der Waals surface area contributed by atoms with Crippen LogP contribution in [0.1, 0.15) is 17.5 Å². The van der Waals surface area contributed by atoms with Crippen LogP contribution in [0.25, 0.3) is 5.57 Å². The van der Waals surface area contributed by atoms with Crippen LogP contribution in [0.3, 0.4) is 0 Å². The van der Waals surface area contributed by atoms with Gasteiger partial charge in [-0.05, 0) is 41.8 Å². The first kappa shape index (κ1) is 23.1. The number of benzene rings is 2. The predicted molar refractivity (Wildman–Crippen MR) is 126 cm³/mol. The van der Waals surface area contributed by atoms with Gasteiger partial charge < -0.3 is 14.8 Å². The van der Waals surface area contributed by atoms with E-state index in [1.807, 2.05) is 0 Å². The fourth-order valence-electron chi connectivity index (χ4n) is 3.93. The molecule has 0 unspecified atom stereocenters. The minimum atomic E-state index is -0.721. The van der Waals surface area contributed by atoms with Crippen molar-refractivity contribution in [3.8, 4) is 17.2 Å². The second kappa shape index (κ2) is 9.53. The molecule has 5 rings (SSSR count). The predicted octanol–water partition coefficient (Wildman–Crippen LogP) is 4.58. The van der Waals surface area contributed by atoms with E-state index in [0.717, 1.165) is 6.07 Å². The van der Waals surface area contributed by atoms with Gasteiger partial charge in [-0.25, -0.2) is 13.8 Å². The van der Waals surface area contributed by atoms with Gasteiger partial charge in [0.15, 0.2) is 41.3 Å². The molecule has 1 aliphatic heterocycles. The van der Waals surface area contributed by atoms with Gasteiger partial charge in [0.1, 0.15) is 5.82 Å². The second-order valence-corrected chi connectivity index (χ2v) is 8.10. The lowest BCUT2D eigenvalue weighted by atomic mass is 9.88. The topological polar surface area (TPSA) is 94.6 Å². The largest absolute Gasteiger partial charge is 0.476 e. The SMILES string of the molecule is O=C1COc2c(Oc3ccc(CC(=O)C4=CCC=C(c5ccc(F)cc5)C4=O)cc3F)ccnc2N1. The quantitative estimate of drug-likeness (QED) is 0.511. The Kier molecular flexibility index (Phi) is 6.12. The number of ketones is 2. The van der Waals surface area contributed by atoms with Crippen molar-refractivity contribution >= 4 is 28.9 Å². The summed E-state index contributed by atoms with van der Waals surface area (Å²) in [7, 11) is 0. The second-order valence-electron chi connectivity index (χ2n) is 8.10. The van der Waals surface area contributed by atoms with Crippen LogP contribution < -0.4 is 14.8 Å². The molecule has 180 valence electrons. The van der Waals surface area contributed by atoms with Crippen LogP contribution in [-0.4, -0.2) is 29.1 Å². The number of anilines is 1. The van der Waals surface area contributed by atoms with E-state index in [1.165, 1.54) is 54.7 Å². The molecular formula is C27H18F2N2O5. The summed E-state index contributed by atoms with van der Waals surface area (Å²) >= 11 is 0. The molecule has 1 aromatic heterocycles. The zero-order valence-electron chi connectivity index (χ0n) is 18.7. The third kappa shape index (κ3) is 4.63. The Hall–Kier alpha value is -4.66. The normalized spacial score (nSPS) is 14.7. The Labute approximate surface area is 204 Å². The molecule has 3 aromatic rings. The van der Waals surface area contributed by atoms with E-state index in [2.05, 4.69) is 10.3 Å². The Morgan fingerprint density at radius 3 is 2.61 bits per heavy atom. The highest BCUT2D eigenvalue weighted by molar-refractivity contribution is 6.39. The van der Waals surface area contributed by atoms with Crippen LogP contribution in [-0.2, 0) is 20.8 Å². The lowest BCUT2D eigenvalue weighted by molar-refractivity contribution is -0.119. The fraction of sp³-hybridized carbons (Fsp3) is 0.111. The molecule has 2 aliphatic rings. The standard InChI is InChI=1S/C27H18F2N2O5/c28-17-7-5-16(6-8-17)18-2-1-3-19(25(18)34)21(32)13-15-4-9-22(20(29)12-15)36-23-10-11-30-27-26(23)35-14-24(33)31-27/h2-12H,1,13-14H2,(H,30,31,33). The monoisotopic (exact) mass is 488 g/mol. The van der Waals surface area contributed by atoms with Gasteiger partial charge in [-0.1, -0.05) is 30.4 Å². The molecule has 7 nitrogen and oxygen atoms in total. The molecular weight excluding hydrogens is 470 g/mol. The molecule has 1 N–H and O–H groups in total. The van der Waals surface area contributed by atoms with Crippen LogP contribution in [0, 0.1) is 11.6 Å². The highest BCUT2D eigenvalue weighted by atomic mass is 19.1. The number of nitrogens with one attached hydrogen (secondary N) is 1. The number of pyridine rings is 1. The summed E-state index contributed by atoms with van der Waals surface area (Å²) in [6.45, 7) is -0.217. The number of hydrogen-bond donors (Lipinski definition) is 1. The van der Waals surface area contributed by atoms with E-state index in [9.17, 15) is 23.2 Å². The molecule has 0 saturated heterocycles. The van der Waals surface area contributed by atoms with Crippen LogP contribution in [0.2, 0.25) is 0 Å². The zero-order chi connectivity index (χ0) is 25.2. The number of allylic oxidation sites excluding steroid dienone is 4. The minimum absolute atomic E-state index is 0.0140. The van der Waals surface area contributed by atoms with Gasteiger partial charge >= 0.3 is 0 Å². The zero-order valence-corrected chi connectivity index (χ0v) is 18.7. The van der Waals surface area contributed by atoms with Crippen molar-refractivity contribution < 1.29 is 32.6 Å². The fourth-order valence-corrected chi connectivity index (χ4v) is 3.93. The smallest absolute Gasteiger partial charge is 0.263 e. The maximum atomic E-state index is 14.8. The van der Waals surface area contributed by atoms with E-state index in [4.69, 9.17) is 9.47 Å². The van der Waals surface area contributed by atoms with Crippen molar-refractivity contribution in [1.82, 2.24) is 4.98 Å². The third-order valence-corrected chi connectivity index (χ3v) is 5.64. The molecule has 2 aromatic carbocycles. The third-order valence-electron chi connectivity index (χ3n) is 5.64. The van der Waals surface area contributed by atoms with Crippen LogP contribution in [0.15, 0.2) is 72.5 Å². The first-order valence-corrected chi connectivity index (χ1v) is 11.0. The van der Waals surface area contributed by atoms with Gasteiger partial charge in [0.2, 0.25) is 5.75 Å². The minimum Gasteiger partial charge on any atom is -0.476 e. The van der Waals surface area contributed by atoms with E-state index >= 15 is 0 Å². The molecule has 1 amide bonds. The molecule has 0 spiro atoms. The Balaban J connectivity index is 1.29. The first-order chi connectivity index (χ1) is 17.4. The maximum absolute atomic E-state index is 14.8. The van der Waals surface area contributed by atoms with Crippen molar-refractivity contribution in [2.45, 2.75) is 12.8 Å². The molecule has 0 saturated carbocycles. The summed E-state index contributed by atoms with van der Waals surface area (Å²) in [5.74, 6) is -2.00. The Morgan fingerprint density at radius 1 is 1.03 bits per heavy atom. The number of Topliss-reactive ketones (excluding diaryl/α,β-unsaturated/α-hetero) is 2. The van der Waals surface area contributed by atoms with Crippen LogP contribution >= 0.6 is 0 Å². The van der Waals surface area contributed by atoms with Gasteiger partial charge in [0.05, 0.1) is 5.57 Å². The summed E-state index contributed by atoms with van der Waals surface area (Å²) in [5, 5.41) is 2.54. The van der Waals surface area contributed by atoms with E-state index in [0.29, 0.717) is 23.1 Å². The number of aromatic nitrogens is 1. The van der Waals surface area contributed by atoms with Gasteiger partial charge in [-0.2, -0.15) is 0 Å². The number of nitrogens with zero attached hydrogens (tertiary/aromatic N) is 1. The number of hydrogen-bond acceptors (Lipinski definition) is 6. The summed E-state index contributed by atoms with van der Waals surface area (Å²) in [5.41, 5.74) is 1.22. The Morgan fingerprint density at radius 2 is 1.83 bits per heavy atom. The molecule has 0 bridgehead atoms. The number of amides is 1. The van der Waals surface area contributed by atoms with Crippen molar-refractivity contribution in [3.63, 3.8) is 0 Å². The highest BCUT2D eigenvalue weighted by Crippen LogP contribution is 2.38. The van der Waals surface area contributed by atoms with Gasteiger partial charge in [-0.3, -0.25) is 14.4 Å². The number of halogens is 2. The number of fused-ring (bicyclic) bond motifs is 1. The van der Waals surface area contributed by atoms with Crippen molar-refractivity contribution in [2.75, 3.05) is 11.9 Å². The van der Waals surface area contributed by atoms with Crippen LogP contribution in [0.4, 0.5) is 14.6 Å². The summed E-state index contributed by atoms with van der Waals surface area (Å²) in [6.07, 6.45) is 4.80. The lowest BCUT2D eigenvalue weighted by Crippen LogP contribution is -2.26. The molecule has 1 aliphatic carbocycles. The van der Waals surface area contributed by atoms with Crippen LogP contribution in [0.5, 0.6) is 17.2 Å². The number of carbonyl (C=O) groups is 3. The first-order valence-electron chi connectivity index (χ1n) is 11.0. The number of ether oxygens (including phenoxy) is 2. The summed E-state index contributed by atoms with van der Waals surface area (Å²) in [6, 6.07) is 11.0. The lowest BCUT2D eigenvalue weighted by Gasteiger charge is -2.19.